The second-order valence-corrected chi connectivity index (χ2v) is 16.4. The molecule has 0 saturated heterocycles. The average Bonchev–Trinajstić information content (AvgIpc) is 3.19. The number of hydrogen-bond donors (Lipinski definition) is 0. The number of carbonyl (C=O) groups is 3. The summed E-state index contributed by atoms with van der Waals surface area (Å²) in [5.74, 6) is -0.881. The van der Waals surface area contributed by atoms with Gasteiger partial charge in [0.05, 0.1) is 0 Å². The maximum absolute atomic E-state index is 12.7. The molecule has 0 aliphatic carbocycles. The van der Waals surface area contributed by atoms with Gasteiger partial charge >= 0.3 is 17.9 Å². The fourth-order valence-corrected chi connectivity index (χ4v) is 7.00. The van der Waals surface area contributed by atoms with E-state index in [1.807, 2.05) is 0 Å². The summed E-state index contributed by atoms with van der Waals surface area (Å²) in [5, 5.41) is 0. The van der Waals surface area contributed by atoms with Gasteiger partial charge in [-0.3, -0.25) is 14.4 Å². The largest absolute Gasteiger partial charge is 0.462 e. The third-order valence-corrected chi connectivity index (χ3v) is 10.7. The van der Waals surface area contributed by atoms with Crippen LogP contribution in [0.2, 0.25) is 0 Å². The number of unbranched alkanes of at least 4 members (excludes halogenated alkanes) is 29. The van der Waals surface area contributed by atoms with Crippen LogP contribution in [0.5, 0.6) is 0 Å². The van der Waals surface area contributed by atoms with Crippen molar-refractivity contribution in [2.45, 2.75) is 264 Å². The lowest BCUT2D eigenvalue weighted by Gasteiger charge is -2.18. The van der Waals surface area contributed by atoms with Crippen LogP contribution in [0.4, 0.5) is 0 Å². The molecule has 0 heterocycles. The second kappa shape index (κ2) is 45.6. The predicted molar refractivity (Wildman–Crippen MR) is 238 cm³/mol. The van der Waals surface area contributed by atoms with Gasteiger partial charge in [0.2, 0.25) is 0 Å². The van der Waals surface area contributed by atoms with E-state index in [1.165, 1.54) is 141 Å². The fourth-order valence-electron chi connectivity index (χ4n) is 7.00. The molecular weight excluding hydrogens is 697 g/mol. The van der Waals surface area contributed by atoms with E-state index < -0.39 is 6.10 Å². The fraction of sp³-hybridized carbons (Fsp3) is 0.860. The molecular formula is C50H92O6. The summed E-state index contributed by atoms with van der Waals surface area (Å²) in [5.41, 5.74) is 0. The number of esters is 3. The van der Waals surface area contributed by atoms with Gasteiger partial charge in [0.25, 0.3) is 0 Å². The molecule has 0 bridgehead atoms. The standard InChI is InChI=1S/C50H92O6/c1-4-7-10-13-16-19-21-23-25-27-29-31-34-37-40-43-49(52)55-46-47(45-54-48(51)42-39-36-33-18-15-12-9-6-3)56-50(53)44-41-38-35-32-30-28-26-24-22-20-17-14-11-8-5-2/h16,19,23,25,47H,4-15,17-18,20-22,24,26-46H2,1-3H3/b19-16-,25-23-. The average molecular weight is 789 g/mol. The third-order valence-electron chi connectivity index (χ3n) is 10.7. The molecule has 0 aliphatic rings. The minimum Gasteiger partial charge on any atom is -0.462 e. The summed E-state index contributed by atoms with van der Waals surface area (Å²) >= 11 is 0. The number of hydrogen-bond acceptors (Lipinski definition) is 6. The molecule has 0 radical (unpaired) electrons. The Bertz CT molecular complexity index is 911. The molecule has 1 atom stereocenters. The van der Waals surface area contributed by atoms with E-state index in [1.54, 1.807) is 0 Å². The van der Waals surface area contributed by atoms with Crippen LogP contribution in [-0.2, 0) is 28.6 Å². The SMILES string of the molecule is CCCCC/C=C\C/C=C\CCCCCCCC(=O)OCC(COC(=O)CCCCCCCCCC)OC(=O)CCCCCCCCCCCCCCCCC. The first kappa shape index (κ1) is 53.9. The summed E-state index contributed by atoms with van der Waals surface area (Å²) in [4.78, 5) is 37.7. The van der Waals surface area contributed by atoms with Crippen LogP contribution < -0.4 is 0 Å². The van der Waals surface area contributed by atoms with Gasteiger partial charge in [0, 0.05) is 19.3 Å². The van der Waals surface area contributed by atoms with Crippen molar-refractivity contribution in [1.82, 2.24) is 0 Å². The Kier molecular flexibility index (Phi) is 43.9. The molecule has 0 aliphatic heterocycles. The third kappa shape index (κ3) is 43.0. The van der Waals surface area contributed by atoms with Gasteiger partial charge in [-0.1, -0.05) is 212 Å². The van der Waals surface area contributed by atoms with Crippen LogP contribution in [-0.4, -0.2) is 37.2 Å². The quantitative estimate of drug-likeness (QED) is 0.0265. The van der Waals surface area contributed by atoms with Gasteiger partial charge in [-0.15, -0.1) is 0 Å². The molecule has 0 rings (SSSR count). The highest BCUT2D eigenvalue weighted by molar-refractivity contribution is 5.71. The second-order valence-electron chi connectivity index (χ2n) is 16.4. The van der Waals surface area contributed by atoms with E-state index in [4.69, 9.17) is 14.2 Å². The van der Waals surface area contributed by atoms with Crippen LogP contribution >= 0.6 is 0 Å². The van der Waals surface area contributed by atoms with Crippen LogP contribution in [0.15, 0.2) is 24.3 Å². The molecule has 328 valence electrons. The van der Waals surface area contributed by atoms with Crippen molar-refractivity contribution in [3.05, 3.63) is 24.3 Å². The zero-order valence-electron chi connectivity index (χ0n) is 37.4. The van der Waals surface area contributed by atoms with Crippen LogP contribution in [0.3, 0.4) is 0 Å². The molecule has 0 fully saturated rings. The van der Waals surface area contributed by atoms with Gasteiger partial charge in [0.15, 0.2) is 6.10 Å². The van der Waals surface area contributed by atoms with Crippen molar-refractivity contribution in [1.29, 1.82) is 0 Å². The maximum atomic E-state index is 12.7. The Balaban J connectivity index is 4.31. The summed E-state index contributed by atoms with van der Waals surface area (Å²) in [7, 11) is 0. The van der Waals surface area contributed by atoms with Crippen LogP contribution in [0, 0.1) is 0 Å². The Morgan fingerprint density at radius 3 is 1.02 bits per heavy atom. The van der Waals surface area contributed by atoms with Crippen LogP contribution in [0.25, 0.3) is 0 Å². The summed E-state index contributed by atoms with van der Waals surface area (Å²) in [6.07, 6.45) is 50.2. The van der Waals surface area contributed by atoms with Crippen molar-refractivity contribution in [3.63, 3.8) is 0 Å². The number of ether oxygens (including phenoxy) is 3. The maximum Gasteiger partial charge on any atom is 0.306 e. The Hall–Kier alpha value is -2.11. The Morgan fingerprint density at radius 1 is 0.357 bits per heavy atom. The van der Waals surface area contributed by atoms with E-state index in [9.17, 15) is 14.4 Å². The lowest BCUT2D eigenvalue weighted by Crippen LogP contribution is -2.30. The molecule has 6 nitrogen and oxygen atoms in total. The minimum atomic E-state index is -0.769. The zero-order valence-corrected chi connectivity index (χ0v) is 37.4. The van der Waals surface area contributed by atoms with E-state index >= 15 is 0 Å². The van der Waals surface area contributed by atoms with E-state index in [0.29, 0.717) is 19.3 Å². The first-order valence-electron chi connectivity index (χ1n) is 24.3. The molecule has 0 aromatic rings. The van der Waals surface area contributed by atoms with Gasteiger partial charge in [-0.25, -0.2) is 0 Å². The highest BCUT2D eigenvalue weighted by Gasteiger charge is 2.19. The highest BCUT2D eigenvalue weighted by Crippen LogP contribution is 2.15. The van der Waals surface area contributed by atoms with Gasteiger partial charge < -0.3 is 14.2 Å². The van der Waals surface area contributed by atoms with Crippen molar-refractivity contribution in [2.24, 2.45) is 0 Å². The van der Waals surface area contributed by atoms with Gasteiger partial charge in [0.1, 0.15) is 13.2 Å². The Morgan fingerprint density at radius 2 is 0.643 bits per heavy atom. The van der Waals surface area contributed by atoms with E-state index in [0.717, 1.165) is 77.0 Å². The Labute approximate surface area is 347 Å². The molecule has 0 saturated carbocycles. The molecule has 0 amide bonds. The number of rotatable bonds is 44. The first-order valence-corrected chi connectivity index (χ1v) is 24.3. The number of carbonyl (C=O) groups excluding carboxylic acids is 3. The molecule has 0 N–H and O–H groups in total. The van der Waals surface area contributed by atoms with Crippen molar-refractivity contribution in [3.8, 4) is 0 Å². The smallest absolute Gasteiger partial charge is 0.306 e. The first-order chi connectivity index (χ1) is 27.5. The van der Waals surface area contributed by atoms with Crippen LogP contribution in [0.1, 0.15) is 258 Å². The van der Waals surface area contributed by atoms with Crippen molar-refractivity contribution < 1.29 is 28.6 Å². The lowest BCUT2D eigenvalue weighted by molar-refractivity contribution is -0.167. The van der Waals surface area contributed by atoms with Gasteiger partial charge in [-0.05, 0) is 51.4 Å². The van der Waals surface area contributed by atoms with E-state index in [2.05, 4.69) is 45.1 Å². The lowest BCUT2D eigenvalue weighted by atomic mass is 10.0. The van der Waals surface area contributed by atoms with Crippen molar-refractivity contribution in [2.75, 3.05) is 13.2 Å². The zero-order chi connectivity index (χ0) is 40.8. The summed E-state index contributed by atoms with van der Waals surface area (Å²) in [6.45, 7) is 6.59. The minimum absolute atomic E-state index is 0.0720. The molecule has 6 heteroatoms. The van der Waals surface area contributed by atoms with Gasteiger partial charge in [-0.2, -0.15) is 0 Å². The van der Waals surface area contributed by atoms with E-state index in [-0.39, 0.29) is 31.1 Å². The monoisotopic (exact) mass is 789 g/mol. The molecule has 0 spiro atoms. The normalized spacial score (nSPS) is 12.1. The summed E-state index contributed by atoms with van der Waals surface area (Å²) < 4.78 is 16.7. The highest BCUT2D eigenvalue weighted by atomic mass is 16.6. The van der Waals surface area contributed by atoms with Crippen molar-refractivity contribution >= 4 is 17.9 Å². The molecule has 1 unspecified atom stereocenters. The molecule has 0 aromatic heterocycles. The number of allylic oxidation sites excluding steroid dienone is 4. The summed E-state index contributed by atoms with van der Waals surface area (Å²) in [6, 6.07) is 0. The predicted octanol–water partition coefficient (Wildman–Crippen LogP) is 15.6. The topological polar surface area (TPSA) is 78.9 Å². The molecule has 56 heavy (non-hydrogen) atoms. The molecule has 0 aromatic carbocycles.